The average Bonchev–Trinajstić information content (AvgIpc) is 2.62. The van der Waals surface area contributed by atoms with Crippen molar-refractivity contribution in [3.05, 3.63) is 23.8 Å². The number of carbonyl (C=O) groups excluding carboxylic acids is 1. The Morgan fingerprint density at radius 2 is 1.92 bits per heavy atom. The maximum atomic E-state index is 12.3. The standard InChI is InChI=1S/C20H30O5/c1-4-6-7-8-19-23-13-16(14-24-19)20(21)25-18-10-9-17(12-15(18)3)22-11-5-2/h9-10,12,16,19H,4-8,11,13-14H2,1-3H3. The first-order valence-electron chi connectivity index (χ1n) is 9.32. The van der Waals surface area contributed by atoms with Gasteiger partial charge in [-0.25, -0.2) is 0 Å². The molecular weight excluding hydrogens is 320 g/mol. The van der Waals surface area contributed by atoms with Crippen molar-refractivity contribution in [1.82, 2.24) is 0 Å². The van der Waals surface area contributed by atoms with Gasteiger partial charge in [-0.3, -0.25) is 4.79 Å². The highest BCUT2D eigenvalue weighted by molar-refractivity contribution is 5.76. The molecule has 1 aliphatic heterocycles. The van der Waals surface area contributed by atoms with Crippen molar-refractivity contribution in [2.24, 2.45) is 5.92 Å². The van der Waals surface area contributed by atoms with Gasteiger partial charge in [0.1, 0.15) is 17.4 Å². The van der Waals surface area contributed by atoms with Crippen LogP contribution in [0.3, 0.4) is 0 Å². The quantitative estimate of drug-likeness (QED) is 0.378. The Kier molecular flexibility index (Phi) is 8.22. The molecule has 1 fully saturated rings. The second-order valence-electron chi connectivity index (χ2n) is 6.49. The lowest BCUT2D eigenvalue weighted by molar-refractivity contribution is -0.208. The van der Waals surface area contributed by atoms with Gasteiger partial charge in [0, 0.05) is 0 Å². The highest BCUT2D eigenvalue weighted by Gasteiger charge is 2.29. The van der Waals surface area contributed by atoms with Gasteiger partial charge in [0.15, 0.2) is 6.29 Å². The molecule has 0 bridgehead atoms. The van der Waals surface area contributed by atoms with E-state index < -0.39 is 0 Å². The monoisotopic (exact) mass is 350 g/mol. The van der Waals surface area contributed by atoms with E-state index in [0.29, 0.717) is 25.6 Å². The van der Waals surface area contributed by atoms with E-state index in [4.69, 9.17) is 18.9 Å². The average molecular weight is 350 g/mol. The van der Waals surface area contributed by atoms with E-state index in [1.54, 1.807) is 6.07 Å². The first-order valence-corrected chi connectivity index (χ1v) is 9.32. The fourth-order valence-electron chi connectivity index (χ4n) is 2.64. The lowest BCUT2D eigenvalue weighted by Gasteiger charge is -2.28. The summed E-state index contributed by atoms with van der Waals surface area (Å²) in [5.41, 5.74) is 0.872. The third-order valence-electron chi connectivity index (χ3n) is 4.17. The summed E-state index contributed by atoms with van der Waals surface area (Å²) in [5.74, 6) is 0.660. The molecule has 5 heteroatoms. The minimum absolute atomic E-state index is 0.188. The molecular formula is C20H30O5. The van der Waals surface area contributed by atoms with Crippen LogP contribution in [-0.2, 0) is 14.3 Å². The van der Waals surface area contributed by atoms with Crippen LogP contribution < -0.4 is 9.47 Å². The Bertz CT molecular complexity index is 535. The zero-order valence-electron chi connectivity index (χ0n) is 15.6. The fourth-order valence-corrected chi connectivity index (χ4v) is 2.64. The van der Waals surface area contributed by atoms with E-state index in [9.17, 15) is 4.79 Å². The molecule has 0 spiro atoms. The van der Waals surface area contributed by atoms with Gasteiger partial charge < -0.3 is 18.9 Å². The van der Waals surface area contributed by atoms with Crippen molar-refractivity contribution in [2.75, 3.05) is 19.8 Å². The van der Waals surface area contributed by atoms with Crippen LogP contribution in [0.4, 0.5) is 0 Å². The van der Waals surface area contributed by atoms with Gasteiger partial charge in [-0.1, -0.05) is 26.7 Å². The number of unbranched alkanes of at least 4 members (excludes halogenated alkanes) is 2. The minimum atomic E-state index is -0.377. The highest BCUT2D eigenvalue weighted by Crippen LogP contribution is 2.25. The Morgan fingerprint density at radius 1 is 1.16 bits per heavy atom. The lowest BCUT2D eigenvalue weighted by Crippen LogP contribution is -2.38. The SMILES string of the molecule is CCCCCC1OCC(C(=O)Oc2ccc(OCCC)cc2C)CO1. The molecule has 140 valence electrons. The molecule has 1 aromatic carbocycles. The van der Waals surface area contributed by atoms with Crippen molar-refractivity contribution in [3.63, 3.8) is 0 Å². The largest absolute Gasteiger partial charge is 0.494 e. The Morgan fingerprint density at radius 3 is 2.56 bits per heavy atom. The Labute approximate surface area is 150 Å². The molecule has 1 heterocycles. The smallest absolute Gasteiger partial charge is 0.319 e. The topological polar surface area (TPSA) is 54.0 Å². The lowest BCUT2D eigenvalue weighted by atomic mass is 10.1. The summed E-state index contributed by atoms with van der Waals surface area (Å²) in [6.45, 7) is 7.51. The number of carbonyl (C=O) groups is 1. The molecule has 0 unspecified atom stereocenters. The molecule has 25 heavy (non-hydrogen) atoms. The zero-order valence-corrected chi connectivity index (χ0v) is 15.6. The van der Waals surface area contributed by atoms with Crippen molar-refractivity contribution in [1.29, 1.82) is 0 Å². The summed E-state index contributed by atoms with van der Waals surface area (Å²) in [6, 6.07) is 5.48. The number of aryl methyl sites for hydroxylation is 1. The number of hydrogen-bond acceptors (Lipinski definition) is 5. The first kappa shape index (κ1) is 19.7. The molecule has 0 amide bonds. The number of rotatable bonds is 9. The molecule has 1 aliphatic rings. The van der Waals surface area contributed by atoms with E-state index in [1.165, 1.54) is 12.8 Å². The summed E-state index contributed by atoms with van der Waals surface area (Å²) >= 11 is 0. The van der Waals surface area contributed by atoms with Gasteiger partial charge >= 0.3 is 5.97 Å². The molecule has 1 aromatic rings. The first-order chi connectivity index (χ1) is 12.1. The van der Waals surface area contributed by atoms with Crippen LogP contribution in [0.1, 0.15) is 51.5 Å². The normalized spacial score (nSPS) is 20.3. The molecule has 0 saturated carbocycles. The zero-order chi connectivity index (χ0) is 18.1. The van der Waals surface area contributed by atoms with Crippen molar-refractivity contribution in [3.8, 4) is 11.5 Å². The molecule has 0 aliphatic carbocycles. The van der Waals surface area contributed by atoms with Crippen LogP contribution in [0, 0.1) is 12.8 Å². The van der Waals surface area contributed by atoms with Gasteiger partial charge in [-0.05, 0) is 49.9 Å². The van der Waals surface area contributed by atoms with Crippen LogP contribution in [0.5, 0.6) is 11.5 Å². The summed E-state index contributed by atoms with van der Waals surface area (Å²) in [5, 5.41) is 0. The maximum Gasteiger partial charge on any atom is 0.319 e. The molecule has 1 saturated heterocycles. The van der Waals surface area contributed by atoms with E-state index in [1.807, 2.05) is 19.1 Å². The molecule has 0 radical (unpaired) electrons. The number of hydrogen-bond donors (Lipinski definition) is 0. The third kappa shape index (κ3) is 6.33. The number of benzene rings is 1. The van der Waals surface area contributed by atoms with Crippen molar-refractivity contribution >= 4 is 5.97 Å². The third-order valence-corrected chi connectivity index (χ3v) is 4.17. The number of ether oxygens (including phenoxy) is 4. The minimum Gasteiger partial charge on any atom is -0.494 e. The molecule has 5 nitrogen and oxygen atoms in total. The Balaban J connectivity index is 1.80. The highest BCUT2D eigenvalue weighted by atomic mass is 16.7. The summed E-state index contributed by atoms with van der Waals surface area (Å²) < 4.78 is 22.4. The van der Waals surface area contributed by atoms with Gasteiger partial charge in [0.05, 0.1) is 19.8 Å². The second kappa shape index (κ2) is 10.4. The molecule has 0 atom stereocenters. The van der Waals surface area contributed by atoms with E-state index in [2.05, 4.69) is 13.8 Å². The van der Waals surface area contributed by atoms with E-state index >= 15 is 0 Å². The molecule has 2 rings (SSSR count). The summed E-state index contributed by atoms with van der Waals surface area (Å²) in [6.07, 6.45) is 5.08. The van der Waals surface area contributed by atoms with Crippen LogP contribution in [0.2, 0.25) is 0 Å². The number of esters is 1. The van der Waals surface area contributed by atoms with Crippen LogP contribution in [0.15, 0.2) is 18.2 Å². The van der Waals surface area contributed by atoms with E-state index in [0.717, 1.165) is 30.6 Å². The van der Waals surface area contributed by atoms with E-state index in [-0.39, 0.29) is 18.2 Å². The van der Waals surface area contributed by atoms with Gasteiger partial charge in [0.25, 0.3) is 0 Å². The molecule has 0 N–H and O–H groups in total. The predicted molar refractivity (Wildman–Crippen MR) is 95.9 cm³/mol. The maximum absolute atomic E-state index is 12.3. The Hall–Kier alpha value is -1.59. The van der Waals surface area contributed by atoms with Crippen molar-refractivity contribution in [2.45, 2.75) is 59.2 Å². The van der Waals surface area contributed by atoms with Gasteiger partial charge in [0.2, 0.25) is 0 Å². The predicted octanol–water partition coefficient (Wildman–Crippen LogP) is 4.26. The molecule has 0 aromatic heterocycles. The van der Waals surface area contributed by atoms with Gasteiger partial charge in [-0.15, -0.1) is 0 Å². The second-order valence-corrected chi connectivity index (χ2v) is 6.49. The van der Waals surface area contributed by atoms with Crippen LogP contribution >= 0.6 is 0 Å². The fraction of sp³-hybridized carbons (Fsp3) is 0.650. The summed E-state index contributed by atoms with van der Waals surface area (Å²) in [4.78, 5) is 12.3. The summed E-state index contributed by atoms with van der Waals surface area (Å²) in [7, 11) is 0. The van der Waals surface area contributed by atoms with Crippen molar-refractivity contribution < 1.29 is 23.7 Å². The van der Waals surface area contributed by atoms with Crippen LogP contribution in [0.25, 0.3) is 0 Å². The van der Waals surface area contributed by atoms with Crippen LogP contribution in [-0.4, -0.2) is 32.1 Å². The van der Waals surface area contributed by atoms with Gasteiger partial charge in [-0.2, -0.15) is 0 Å².